The fourth-order valence-corrected chi connectivity index (χ4v) is 3.05. The van der Waals surface area contributed by atoms with Crippen molar-refractivity contribution < 1.29 is 9.84 Å². The van der Waals surface area contributed by atoms with Crippen LogP contribution in [0.2, 0.25) is 5.02 Å². The molecule has 1 aliphatic carbocycles. The van der Waals surface area contributed by atoms with Crippen LogP contribution in [0.4, 0.5) is 11.8 Å². The zero-order valence-corrected chi connectivity index (χ0v) is 14.3. The summed E-state index contributed by atoms with van der Waals surface area (Å²) in [5, 5.41) is 13.7. The van der Waals surface area contributed by atoms with Crippen LogP contribution in [0.5, 0.6) is 11.5 Å². The lowest BCUT2D eigenvalue weighted by Gasteiger charge is -2.27. The fraction of sp³-hybridized carbons (Fsp3) is 0.412. The summed E-state index contributed by atoms with van der Waals surface area (Å²) in [5.74, 6) is 1.96. The van der Waals surface area contributed by atoms with Crippen molar-refractivity contribution in [3.05, 3.63) is 35.0 Å². The van der Waals surface area contributed by atoms with Crippen LogP contribution in [-0.4, -0.2) is 27.2 Å². The van der Waals surface area contributed by atoms with Crippen LogP contribution in [0.3, 0.4) is 0 Å². The highest BCUT2D eigenvalue weighted by molar-refractivity contribution is 6.30. The molecule has 1 saturated carbocycles. The van der Waals surface area contributed by atoms with Crippen molar-refractivity contribution in [3.63, 3.8) is 0 Å². The lowest BCUT2D eigenvalue weighted by atomic mass is 9.93. The lowest BCUT2D eigenvalue weighted by molar-refractivity contribution is 0.126. The quantitative estimate of drug-likeness (QED) is 0.782. The number of hydrogen-bond donors (Lipinski definition) is 3. The second-order valence-corrected chi connectivity index (χ2v) is 6.54. The Hall–Kier alpha value is -2.05. The second kappa shape index (κ2) is 7.23. The summed E-state index contributed by atoms with van der Waals surface area (Å²) < 4.78 is 5.96. The highest BCUT2D eigenvalue weighted by Gasteiger charge is 2.21. The third kappa shape index (κ3) is 4.07. The summed E-state index contributed by atoms with van der Waals surface area (Å²) in [6, 6.07) is 5.66. The maximum absolute atomic E-state index is 9.63. The summed E-state index contributed by atoms with van der Waals surface area (Å²) >= 11 is 5.98. The first kappa shape index (κ1) is 16.8. The molecule has 3 rings (SSSR count). The second-order valence-electron chi connectivity index (χ2n) is 6.10. The molecule has 0 radical (unpaired) electrons. The average Bonchev–Trinajstić information content (AvgIpc) is 2.54. The Balaban J connectivity index is 1.80. The normalized spacial score (nSPS) is 20.6. The smallest absolute Gasteiger partial charge is 0.222 e. The van der Waals surface area contributed by atoms with Crippen molar-refractivity contribution in [1.29, 1.82) is 0 Å². The maximum Gasteiger partial charge on any atom is 0.222 e. The van der Waals surface area contributed by atoms with Crippen LogP contribution in [0.1, 0.15) is 31.2 Å². The van der Waals surface area contributed by atoms with Gasteiger partial charge in [-0.25, -0.2) is 4.98 Å². The molecule has 0 atom stereocenters. The average molecular weight is 349 g/mol. The zero-order chi connectivity index (χ0) is 17.1. The number of aromatic nitrogens is 2. The first-order chi connectivity index (χ1) is 11.5. The molecule has 0 unspecified atom stereocenters. The van der Waals surface area contributed by atoms with Crippen molar-refractivity contribution in [2.75, 3.05) is 11.1 Å². The van der Waals surface area contributed by atoms with Gasteiger partial charge in [-0.3, -0.25) is 0 Å². The van der Waals surface area contributed by atoms with E-state index in [1.165, 1.54) is 0 Å². The molecular formula is C17H21ClN4O2. The van der Waals surface area contributed by atoms with Gasteiger partial charge in [0.2, 0.25) is 5.95 Å². The first-order valence-electron chi connectivity index (χ1n) is 8.02. The predicted molar refractivity (Wildman–Crippen MR) is 94.6 cm³/mol. The van der Waals surface area contributed by atoms with E-state index < -0.39 is 0 Å². The Morgan fingerprint density at radius 1 is 1.25 bits per heavy atom. The fourth-order valence-electron chi connectivity index (χ4n) is 2.82. The van der Waals surface area contributed by atoms with E-state index in [9.17, 15) is 5.11 Å². The number of nitrogen functional groups attached to an aromatic ring is 1. The van der Waals surface area contributed by atoms with Gasteiger partial charge in [0.1, 0.15) is 5.75 Å². The minimum Gasteiger partial charge on any atom is -0.452 e. The molecule has 0 aliphatic heterocycles. The highest BCUT2D eigenvalue weighted by atomic mass is 35.5. The molecule has 1 heterocycles. The van der Waals surface area contributed by atoms with Crippen molar-refractivity contribution in [2.45, 2.75) is 44.8 Å². The number of halogens is 1. The van der Waals surface area contributed by atoms with Gasteiger partial charge in [-0.15, -0.1) is 0 Å². The van der Waals surface area contributed by atoms with Crippen LogP contribution < -0.4 is 15.8 Å². The molecule has 128 valence electrons. The summed E-state index contributed by atoms with van der Waals surface area (Å²) in [5.41, 5.74) is 6.64. The topological polar surface area (TPSA) is 93.3 Å². The van der Waals surface area contributed by atoms with Gasteiger partial charge in [-0.05, 0) is 56.4 Å². The molecule has 0 amide bonds. The van der Waals surface area contributed by atoms with Gasteiger partial charge in [-0.1, -0.05) is 11.6 Å². The Morgan fingerprint density at radius 2 is 2.00 bits per heavy atom. The zero-order valence-electron chi connectivity index (χ0n) is 13.5. The number of benzene rings is 1. The lowest BCUT2D eigenvalue weighted by Crippen LogP contribution is -2.28. The third-order valence-corrected chi connectivity index (χ3v) is 4.40. The number of hydrogen-bond acceptors (Lipinski definition) is 6. The molecule has 1 aromatic heterocycles. The van der Waals surface area contributed by atoms with Crippen LogP contribution in [0.25, 0.3) is 0 Å². The van der Waals surface area contributed by atoms with Crippen LogP contribution in [0.15, 0.2) is 24.4 Å². The van der Waals surface area contributed by atoms with E-state index in [-0.39, 0.29) is 18.1 Å². The van der Waals surface area contributed by atoms with Gasteiger partial charge in [0.15, 0.2) is 11.6 Å². The van der Waals surface area contributed by atoms with Crippen LogP contribution in [0, 0.1) is 6.92 Å². The molecule has 1 aliphatic rings. The molecule has 0 bridgehead atoms. The van der Waals surface area contributed by atoms with Gasteiger partial charge in [0.25, 0.3) is 0 Å². The first-order valence-corrected chi connectivity index (χ1v) is 8.40. The van der Waals surface area contributed by atoms with Gasteiger partial charge in [0.05, 0.1) is 12.3 Å². The SMILES string of the molecule is Cc1cc(Cl)ccc1Oc1cnc(N)nc1N[C@H]1CC[C@H](O)CC1. The number of rotatable bonds is 4. The van der Waals surface area contributed by atoms with Crippen molar-refractivity contribution in [1.82, 2.24) is 9.97 Å². The van der Waals surface area contributed by atoms with E-state index in [1.54, 1.807) is 12.3 Å². The number of nitrogens with two attached hydrogens (primary N) is 1. The Morgan fingerprint density at radius 3 is 2.71 bits per heavy atom. The van der Waals surface area contributed by atoms with E-state index in [4.69, 9.17) is 22.1 Å². The number of nitrogens with one attached hydrogen (secondary N) is 1. The van der Waals surface area contributed by atoms with Crippen LogP contribution >= 0.6 is 11.6 Å². The molecular weight excluding hydrogens is 328 g/mol. The van der Waals surface area contributed by atoms with E-state index in [1.807, 2.05) is 19.1 Å². The van der Waals surface area contributed by atoms with Crippen molar-refractivity contribution in [3.8, 4) is 11.5 Å². The Labute approximate surface area is 146 Å². The highest BCUT2D eigenvalue weighted by Crippen LogP contribution is 2.32. The van der Waals surface area contributed by atoms with E-state index in [2.05, 4.69) is 15.3 Å². The minimum atomic E-state index is -0.203. The Kier molecular flexibility index (Phi) is 5.06. The predicted octanol–water partition coefficient (Wildman–Crippen LogP) is 3.53. The largest absolute Gasteiger partial charge is 0.452 e. The maximum atomic E-state index is 9.63. The van der Waals surface area contributed by atoms with Gasteiger partial charge < -0.3 is 20.9 Å². The van der Waals surface area contributed by atoms with Crippen LogP contribution in [-0.2, 0) is 0 Å². The van der Waals surface area contributed by atoms with Gasteiger partial charge in [0, 0.05) is 11.1 Å². The summed E-state index contributed by atoms with van der Waals surface area (Å²) in [6.45, 7) is 1.93. The number of aryl methyl sites for hydroxylation is 1. The number of anilines is 2. The molecule has 6 nitrogen and oxygen atoms in total. The molecule has 1 fully saturated rings. The molecule has 24 heavy (non-hydrogen) atoms. The molecule has 1 aromatic carbocycles. The Bertz CT molecular complexity index is 718. The molecule has 0 saturated heterocycles. The monoisotopic (exact) mass is 348 g/mol. The number of aliphatic hydroxyl groups is 1. The number of ether oxygens (including phenoxy) is 1. The van der Waals surface area contributed by atoms with Gasteiger partial charge in [-0.2, -0.15) is 4.98 Å². The van der Waals surface area contributed by atoms with Crippen molar-refractivity contribution >= 4 is 23.4 Å². The number of aliphatic hydroxyl groups excluding tert-OH is 1. The van der Waals surface area contributed by atoms with E-state index in [0.29, 0.717) is 22.3 Å². The third-order valence-electron chi connectivity index (χ3n) is 4.17. The molecule has 0 spiro atoms. The van der Waals surface area contributed by atoms with E-state index >= 15 is 0 Å². The molecule has 7 heteroatoms. The van der Waals surface area contributed by atoms with Crippen molar-refractivity contribution in [2.24, 2.45) is 0 Å². The summed E-state index contributed by atoms with van der Waals surface area (Å²) in [6.07, 6.45) is 4.69. The summed E-state index contributed by atoms with van der Waals surface area (Å²) in [4.78, 5) is 8.30. The standard InChI is InChI=1S/C17H21ClN4O2/c1-10-8-11(18)2-7-14(10)24-15-9-20-17(19)22-16(15)21-12-3-5-13(23)6-4-12/h2,7-9,12-13,23H,3-6H2,1H3,(H3,19,20,21,22)/t12-,13-. The summed E-state index contributed by atoms with van der Waals surface area (Å²) in [7, 11) is 0. The van der Waals surface area contributed by atoms with Gasteiger partial charge >= 0.3 is 0 Å². The number of nitrogens with zero attached hydrogens (tertiary/aromatic N) is 2. The van der Waals surface area contributed by atoms with E-state index in [0.717, 1.165) is 31.2 Å². The minimum absolute atomic E-state index is 0.188. The molecule has 4 N–H and O–H groups in total. The molecule has 2 aromatic rings.